The fourth-order valence-electron chi connectivity index (χ4n) is 2.81. The minimum atomic E-state index is -0.667. The van der Waals surface area contributed by atoms with E-state index < -0.39 is 24.1 Å². The first-order valence-corrected chi connectivity index (χ1v) is 10.7. The van der Waals surface area contributed by atoms with Gasteiger partial charge in [-0.1, -0.05) is 47.5 Å². The molecular weight excluding hydrogens is 439 g/mol. The van der Waals surface area contributed by atoms with Crippen molar-refractivity contribution in [3.8, 4) is 0 Å². The van der Waals surface area contributed by atoms with Crippen molar-refractivity contribution in [2.45, 2.75) is 26.1 Å². The van der Waals surface area contributed by atoms with Crippen molar-refractivity contribution in [1.82, 2.24) is 0 Å². The summed E-state index contributed by atoms with van der Waals surface area (Å²) >= 11 is 14.8. The number of ether oxygens (including phenoxy) is 2. The largest absolute Gasteiger partial charge is 0.452 e. The Kier molecular flexibility index (Phi) is 6.78. The number of carbonyl (C=O) groups excluding carboxylic acids is 2. The highest BCUT2D eigenvalue weighted by Gasteiger charge is 2.28. The molecule has 8 heteroatoms. The van der Waals surface area contributed by atoms with Gasteiger partial charge in [-0.05, 0) is 24.3 Å². The van der Waals surface area contributed by atoms with Gasteiger partial charge < -0.3 is 9.47 Å². The predicted molar refractivity (Wildman–Crippen MR) is 112 cm³/mol. The molecule has 2 unspecified atom stereocenters. The zero-order valence-corrected chi connectivity index (χ0v) is 18.1. The lowest BCUT2D eigenvalue weighted by Gasteiger charge is -2.24. The number of benzene rings is 1. The summed E-state index contributed by atoms with van der Waals surface area (Å²) in [6, 6.07) is 14.5. The van der Waals surface area contributed by atoms with Crippen LogP contribution in [0.3, 0.4) is 0 Å². The Labute approximate surface area is 180 Å². The summed E-state index contributed by atoms with van der Waals surface area (Å²) in [6.07, 6.45) is -1.33. The zero-order valence-electron chi connectivity index (χ0n) is 15.0. The van der Waals surface area contributed by atoms with Crippen molar-refractivity contribution < 1.29 is 19.1 Å². The van der Waals surface area contributed by atoms with E-state index in [4.69, 9.17) is 32.7 Å². The van der Waals surface area contributed by atoms with E-state index in [1.165, 1.54) is 36.5 Å². The normalized spacial score (nSPS) is 13.0. The lowest BCUT2D eigenvalue weighted by Crippen LogP contribution is -2.16. The maximum Gasteiger partial charge on any atom is 0.303 e. The van der Waals surface area contributed by atoms with Gasteiger partial charge in [-0.3, -0.25) is 9.59 Å². The van der Waals surface area contributed by atoms with E-state index in [-0.39, 0.29) is 0 Å². The summed E-state index contributed by atoms with van der Waals surface area (Å²) in [5, 5.41) is 0. The summed E-state index contributed by atoms with van der Waals surface area (Å²) in [5.74, 6) is -0.847. The third-order valence-electron chi connectivity index (χ3n) is 3.83. The third kappa shape index (κ3) is 4.94. The van der Waals surface area contributed by atoms with E-state index in [2.05, 4.69) is 0 Å². The average Bonchev–Trinajstić information content (AvgIpc) is 3.26. The number of thiophene rings is 2. The first kappa shape index (κ1) is 20.9. The Morgan fingerprint density at radius 1 is 0.750 bits per heavy atom. The van der Waals surface area contributed by atoms with Crippen LogP contribution in [0.1, 0.15) is 46.9 Å². The monoisotopic (exact) mass is 454 g/mol. The molecule has 2 heterocycles. The molecule has 0 aliphatic heterocycles. The minimum Gasteiger partial charge on any atom is -0.452 e. The highest BCUT2D eigenvalue weighted by Crippen LogP contribution is 2.41. The van der Waals surface area contributed by atoms with Crippen LogP contribution in [0.4, 0.5) is 0 Å². The molecule has 146 valence electrons. The maximum absolute atomic E-state index is 11.8. The predicted octanol–water partition coefficient (Wildman–Crippen LogP) is 6.42. The number of hydrogen-bond donors (Lipinski definition) is 0. The van der Waals surface area contributed by atoms with Crippen molar-refractivity contribution >= 4 is 57.8 Å². The lowest BCUT2D eigenvalue weighted by molar-refractivity contribution is -0.146. The maximum atomic E-state index is 11.8. The van der Waals surface area contributed by atoms with Crippen LogP contribution >= 0.6 is 45.9 Å². The van der Waals surface area contributed by atoms with Gasteiger partial charge in [0.15, 0.2) is 12.2 Å². The fourth-order valence-corrected chi connectivity index (χ4v) is 5.03. The second-order valence-corrected chi connectivity index (χ2v) is 9.38. The molecule has 0 saturated heterocycles. The highest BCUT2D eigenvalue weighted by molar-refractivity contribution is 7.16. The van der Waals surface area contributed by atoms with E-state index in [1.54, 1.807) is 12.1 Å². The van der Waals surface area contributed by atoms with Crippen molar-refractivity contribution in [2.75, 3.05) is 0 Å². The Hall–Kier alpha value is -1.86. The molecule has 0 saturated carbocycles. The fraction of sp³-hybridized carbons (Fsp3) is 0.200. The molecule has 0 bridgehead atoms. The molecule has 2 aromatic heterocycles. The van der Waals surface area contributed by atoms with Gasteiger partial charge in [-0.15, -0.1) is 22.7 Å². The molecule has 2 atom stereocenters. The molecule has 4 nitrogen and oxygen atoms in total. The van der Waals surface area contributed by atoms with Gasteiger partial charge >= 0.3 is 11.9 Å². The van der Waals surface area contributed by atoms with E-state index in [9.17, 15) is 9.59 Å². The second kappa shape index (κ2) is 9.09. The van der Waals surface area contributed by atoms with E-state index >= 15 is 0 Å². The van der Waals surface area contributed by atoms with E-state index in [0.29, 0.717) is 19.8 Å². The third-order valence-corrected chi connectivity index (χ3v) is 6.38. The number of esters is 2. The second-order valence-electron chi connectivity index (χ2n) is 5.89. The Bertz CT molecular complexity index is 916. The zero-order chi connectivity index (χ0) is 20.3. The number of hydrogen-bond acceptors (Lipinski definition) is 6. The van der Waals surface area contributed by atoms with Crippen molar-refractivity contribution in [3.63, 3.8) is 0 Å². The van der Waals surface area contributed by atoms with E-state index in [0.717, 1.165) is 9.75 Å². The molecule has 0 radical (unpaired) electrons. The Balaban J connectivity index is 2.13. The minimum absolute atomic E-state index is 0.424. The van der Waals surface area contributed by atoms with Gasteiger partial charge in [0.05, 0.1) is 18.4 Å². The van der Waals surface area contributed by atoms with Crippen LogP contribution in [0.5, 0.6) is 0 Å². The number of rotatable bonds is 6. The molecule has 28 heavy (non-hydrogen) atoms. The number of halogens is 2. The van der Waals surface area contributed by atoms with Crippen LogP contribution in [-0.2, 0) is 19.1 Å². The van der Waals surface area contributed by atoms with Crippen LogP contribution in [0.2, 0.25) is 8.67 Å². The molecular formula is C20H16Cl2O4S2. The summed E-state index contributed by atoms with van der Waals surface area (Å²) in [6.45, 7) is 2.71. The molecule has 0 spiro atoms. The van der Waals surface area contributed by atoms with Crippen molar-refractivity contribution in [2.24, 2.45) is 0 Å². The molecule has 1 aromatic carbocycles. The molecule has 3 rings (SSSR count). The molecule has 0 aliphatic rings. The van der Waals surface area contributed by atoms with Crippen molar-refractivity contribution in [1.29, 1.82) is 0 Å². The first-order valence-electron chi connectivity index (χ1n) is 8.29. The van der Waals surface area contributed by atoms with Gasteiger partial charge in [0.1, 0.15) is 0 Å². The smallest absolute Gasteiger partial charge is 0.303 e. The van der Waals surface area contributed by atoms with Gasteiger partial charge in [-0.25, -0.2) is 0 Å². The number of carbonyl (C=O) groups is 2. The summed E-state index contributed by atoms with van der Waals surface area (Å²) < 4.78 is 12.4. The van der Waals surface area contributed by atoms with Crippen molar-refractivity contribution in [3.05, 3.63) is 78.1 Å². The summed E-state index contributed by atoms with van der Waals surface area (Å²) in [4.78, 5) is 25.1. The quantitative estimate of drug-likeness (QED) is 0.403. The average molecular weight is 455 g/mol. The Morgan fingerprint density at radius 3 is 1.43 bits per heavy atom. The molecule has 0 fully saturated rings. The highest BCUT2D eigenvalue weighted by atomic mass is 35.5. The molecule has 0 N–H and O–H groups in total. The first-order chi connectivity index (χ1) is 13.3. The lowest BCUT2D eigenvalue weighted by atomic mass is 9.96. The van der Waals surface area contributed by atoms with Gasteiger partial charge in [0.25, 0.3) is 0 Å². The topological polar surface area (TPSA) is 52.6 Å². The van der Waals surface area contributed by atoms with Crippen LogP contribution in [0, 0.1) is 0 Å². The van der Waals surface area contributed by atoms with Crippen LogP contribution < -0.4 is 0 Å². The van der Waals surface area contributed by atoms with Gasteiger partial charge in [0, 0.05) is 25.0 Å². The van der Waals surface area contributed by atoms with Crippen LogP contribution in [0.15, 0.2) is 48.5 Å². The van der Waals surface area contributed by atoms with Gasteiger partial charge in [0.2, 0.25) is 0 Å². The van der Waals surface area contributed by atoms with E-state index in [1.807, 2.05) is 36.4 Å². The molecule has 3 aromatic rings. The van der Waals surface area contributed by atoms with Gasteiger partial charge in [-0.2, -0.15) is 0 Å². The standard InChI is InChI=1S/C20H16Cl2O4S2/c1-11(23)25-19(15-7-9-17(21)27-15)13-5-3-4-6-14(13)20(26-12(2)24)16-8-10-18(22)28-16/h3-10,19-20H,1-2H3. The Morgan fingerprint density at radius 2 is 1.14 bits per heavy atom. The summed E-state index contributed by atoms with van der Waals surface area (Å²) in [7, 11) is 0. The van der Waals surface area contributed by atoms with Crippen LogP contribution in [-0.4, -0.2) is 11.9 Å². The molecule has 0 aliphatic carbocycles. The SMILES string of the molecule is CC(=O)OC(c1ccc(Cl)s1)c1ccccc1C(OC(C)=O)c1ccc(Cl)s1. The van der Waals surface area contributed by atoms with Crippen LogP contribution in [0.25, 0.3) is 0 Å². The molecule has 0 amide bonds. The summed E-state index contributed by atoms with van der Waals surface area (Å²) in [5.41, 5.74) is 1.43.